The fourth-order valence-corrected chi connectivity index (χ4v) is 3.24. The number of H-pyrrole nitrogens is 1. The first kappa shape index (κ1) is 16.1. The number of nitrogens with two attached hydrogens (primary N) is 1. The molecule has 3 heterocycles. The van der Waals surface area contributed by atoms with Gasteiger partial charge in [0.2, 0.25) is 5.95 Å². The molecule has 2 aromatic heterocycles. The molecular weight excluding hydrogens is 333 g/mol. The molecule has 7 N–H and O–H groups in total. The summed E-state index contributed by atoms with van der Waals surface area (Å²) in [6.45, 7) is 0. The maximum Gasteiger partial charge on any atom is 0.328 e. The Morgan fingerprint density at radius 2 is 2.09 bits per heavy atom. The molecule has 0 spiro atoms. The summed E-state index contributed by atoms with van der Waals surface area (Å²) in [6.07, 6.45) is -5.12. The molecule has 1 aliphatic rings. The third-order valence-electron chi connectivity index (χ3n) is 3.48. The van der Waals surface area contributed by atoms with E-state index >= 15 is 0 Å². The summed E-state index contributed by atoms with van der Waals surface area (Å²) in [5.74, 6) is -0.177. The van der Waals surface area contributed by atoms with Crippen LogP contribution in [0.2, 0.25) is 0 Å². The first-order chi connectivity index (χ1) is 10.7. The highest BCUT2D eigenvalue weighted by molar-refractivity contribution is 7.51. The number of imidazole rings is 1. The summed E-state index contributed by atoms with van der Waals surface area (Å²) in [5, 5.41) is 20.0. The number of nitrogens with one attached hydrogen (secondary N) is 1. The standard InChI is InChI=1S/C10H14N5O7P/c11-10-13-7-4(8(18)14-10)12-2-15(7)9-6(17)5(16)3(22-9)1-23(19,20)21/h2-3,5-6,9,16-17H,1H2,(H2,19,20,21)(H3,11,13,14,18)/t3-,5+,6+,9-/m1/s1. The van der Waals surface area contributed by atoms with E-state index in [4.69, 9.17) is 20.3 Å². The largest absolute Gasteiger partial charge is 0.387 e. The number of hydrogen-bond donors (Lipinski definition) is 6. The van der Waals surface area contributed by atoms with Crippen molar-refractivity contribution in [1.82, 2.24) is 19.5 Å². The Morgan fingerprint density at radius 3 is 2.74 bits per heavy atom. The Hall–Kier alpha value is -1.82. The monoisotopic (exact) mass is 347 g/mol. The van der Waals surface area contributed by atoms with Gasteiger partial charge in [0.25, 0.3) is 5.56 Å². The fraction of sp³-hybridized carbons (Fsp3) is 0.500. The van der Waals surface area contributed by atoms with Gasteiger partial charge in [0.05, 0.1) is 12.5 Å². The number of ether oxygens (including phenoxy) is 1. The molecule has 126 valence electrons. The maximum absolute atomic E-state index is 11.7. The minimum atomic E-state index is -4.46. The summed E-state index contributed by atoms with van der Waals surface area (Å²) in [4.78, 5) is 39.7. The lowest BCUT2D eigenvalue weighted by atomic mass is 10.1. The smallest absolute Gasteiger partial charge is 0.328 e. The van der Waals surface area contributed by atoms with Crippen LogP contribution in [0.25, 0.3) is 11.2 Å². The topological polar surface area (TPSA) is 197 Å². The Balaban J connectivity index is 1.99. The molecule has 1 saturated heterocycles. The summed E-state index contributed by atoms with van der Waals surface area (Å²) in [5.41, 5.74) is 4.83. The third kappa shape index (κ3) is 2.87. The van der Waals surface area contributed by atoms with Crippen molar-refractivity contribution in [1.29, 1.82) is 0 Å². The van der Waals surface area contributed by atoms with Gasteiger partial charge in [0.15, 0.2) is 17.4 Å². The van der Waals surface area contributed by atoms with Crippen LogP contribution in [-0.2, 0) is 9.30 Å². The zero-order chi connectivity index (χ0) is 16.9. The molecule has 0 unspecified atom stereocenters. The number of aliphatic hydroxyl groups excluding tert-OH is 2. The van der Waals surface area contributed by atoms with Crippen molar-refractivity contribution >= 4 is 24.7 Å². The lowest BCUT2D eigenvalue weighted by molar-refractivity contribution is -0.0299. The van der Waals surface area contributed by atoms with Crippen molar-refractivity contribution in [2.75, 3.05) is 11.9 Å². The van der Waals surface area contributed by atoms with Gasteiger partial charge in [-0.2, -0.15) is 4.98 Å². The van der Waals surface area contributed by atoms with Crippen LogP contribution in [0.1, 0.15) is 6.23 Å². The molecule has 0 bridgehead atoms. The van der Waals surface area contributed by atoms with E-state index < -0.39 is 43.9 Å². The van der Waals surface area contributed by atoms with Crippen LogP contribution >= 0.6 is 7.60 Å². The zero-order valence-corrected chi connectivity index (χ0v) is 12.4. The molecule has 0 radical (unpaired) electrons. The molecule has 0 amide bonds. The molecule has 3 rings (SSSR count). The van der Waals surface area contributed by atoms with Gasteiger partial charge in [-0.05, 0) is 0 Å². The van der Waals surface area contributed by atoms with Crippen molar-refractivity contribution in [2.45, 2.75) is 24.5 Å². The van der Waals surface area contributed by atoms with Gasteiger partial charge in [-0.1, -0.05) is 0 Å². The van der Waals surface area contributed by atoms with E-state index in [0.717, 1.165) is 6.33 Å². The Bertz CT molecular complexity index is 844. The van der Waals surface area contributed by atoms with Crippen molar-refractivity contribution in [3.8, 4) is 0 Å². The summed E-state index contributed by atoms with van der Waals surface area (Å²) < 4.78 is 17.6. The average molecular weight is 347 g/mol. The first-order valence-electron chi connectivity index (χ1n) is 6.46. The number of nitrogens with zero attached hydrogens (tertiary/aromatic N) is 3. The number of aliphatic hydroxyl groups is 2. The Kier molecular flexibility index (Phi) is 3.75. The second-order valence-corrected chi connectivity index (χ2v) is 6.86. The number of aromatic nitrogens is 4. The van der Waals surface area contributed by atoms with Gasteiger partial charge in [0.1, 0.15) is 18.3 Å². The van der Waals surface area contributed by atoms with E-state index in [-0.39, 0.29) is 17.1 Å². The van der Waals surface area contributed by atoms with Gasteiger partial charge in [-0.25, -0.2) is 4.98 Å². The van der Waals surface area contributed by atoms with Crippen LogP contribution in [0.4, 0.5) is 5.95 Å². The highest BCUT2D eigenvalue weighted by Gasteiger charge is 2.46. The minimum Gasteiger partial charge on any atom is -0.387 e. The molecule has 0 aromatic carbocycles. The van der Waals surface area contributed by atoms with Crippen LogP contribution in [0.3, 0.4) is 0 Å². The van der Waals surface area contributed by atoms with Crippen molar-refractivity contribution in [2.24, 2.45) is 0 Å². The zero-order valence-electron chi connectivity index (χ0n) is 11.5. The molecule has 1 aliphatic heterocycles. The highest BCUT2D eigenvalue weighted by atomic mass is 31.2. The van der Waals surface area contributed by atoms with E-state index in [1.807, 2.05) is 0 Å². The number of nitrogen functional groups attached to an aromatic ring is 1. The summed E-state index contributed by atoms with van der Waals surface area (Å²) in [6, 6.07) is 0. The van der Waals surface area contributed by atoms with Crippen LogP contribution in [0, 0.1) is 0 Å². The Labute approximate surface area is 127 Å². The van der Waals surface area contributed by atoms with Crippen LogP contribution < -0.4 is 11.3 Å². The van der Waals surface area contributed by atoms with Crippen molar-refractivity contribution in [3.05, 3.63) is 16.7 Å². The molecule has 1 fully saturated rings. The first-order valence-corrected chi connectivity index (χ1v) is 8.25. The van der Waals surface area contributed by atoms with Crippen molar-refractivity contribution < 1.29 is 29.3 Å². The molecular formula is C10H14N5O7P. The molecule has 0 saturated carbocycles. The quantitative estimate of drug-likeness (QED) is 0.323. The van der Waals surface area contributed by atoms with E-state index in [1.165, 1.54) is 4.57 Å². The normalized spacial score (nSPS) is 28.5. The predicted molar refractivity (Wildman–Crippen MR) is 75.4 cm³/mol. The predicted octanol–water partition coefficient (Wildman–Crippen LogP) is -2.50. The van der Waals surface area contributed by atoms with Gasteiger partial charge < -0.3 is 30.5 Å². The average Bonchev–Trinajstić information content (AvgIpc) is 2.94. The lowest BCUT2D eigenvalue weighted by Gasteiger charge is -2.16. The third-order valence-corrected chi connectivity index (χ3v) is 4.32. The number of hydrogen-bond acceptors (Lipinski definition) is 8. The Morgan fingerprint density at radius 1 is 1.39 bits per heavy atom. The van der Waals surface area contributed by atoms with Gasteiger partial charge >= 0.3 is 7.60 Å². The van der Waals surface area contributed by atoms with E-state index in [1.54, 1.807) is 0 Å². The van der Waals surface area contributed by atoms with Crippen LogP contribution in [-0.4, -0.2) is 64.0 Å². The molecule has 13 heteroatoms. The molecule has 0 aliphatic carbocycles. The van der Waals surface area contributed by atoms with Gasteiger partial charge in [-0.3, -0.25) is 18.9 Å². The summed E-state index contributed by atoms with van der Waals surface area (Å²) >= 11 is 0. The lowest BCUT2D eigenvalue weighted by Crippen LogP contribution is -2.33. The SMILES string of the molecule is Nc1nc2c(ncn2[C@@H]2O[C@H](CP(=O)(O)O)[C@H](O)[C@@H]2O)c(=O)[nH]1. The van der Waals surface area contributed by atoms with Crippen LogP contribution in [0.15, 0.2) is 11.1 Å². The van der Waals surface area contributed by atoms with Gasteiger partial charge in [0, 0.05) is 0 Å². The second kappa shape index (κ2) is 5.37. The van der Waals surface area contributed by atoms with E-state index in [2.05, 4.69) is 15.0 Å². The minimum absolute atomic E-state index is 0.0133. The van der Waals surface area contributed by atoms with Crippen LogP contribution in [0.5, 0.6) is 0 Å². The number of aromatic amines is 1. The molecule has 4 atom stereocenters. The van der Waals surface area contributed by atoms with E-state index in [0.29, 0.717) is 0 Å². The van der Waals surface area contributed by atoms with Crippen molar-refractivity contribution in [3.63, 3.8) is 0 Å². The second-order valence-electron chi connectivity index (χ2n) is 5.17. The number of rotatable bonds is 3. The maximum atomic E-state index is 11.7. The number of fused-ring (bicyclic) bond motifs is 1. The number of anilines is 1. The van der Waals surface area contributed by atoms with E-state index in [9.17, 15) is 19.6 Å². The molecule has 23 heavy (non-hydrogen) atoms. The molecule has 2 aromatic rings. The fourth-order valence-electron chi connectivity index (χ4n) is 2.47. The highest BCUT2D eigenvalue weighted by Crippen LogP contribution is 2.41. The van der Waals surface area contributed by atoms with Gasteiger partial charge in [-0.15, -0.1) is 0 Å². The summed E-state index contributed by atoms with van der Waals surface area (Å²) in [7, 11) is -4.46. The molecule has 12 nitrogen and oxygen atoms in total.